The molecule has 0 aliphatic carbocycles. The van der Waals surface area contributed by atoms with E-state index in [0.29, 0.717) is 28.8 Å². The molecule has 0 saturated heterocycles. The van der Waals surface area contributed by atoms with Gasteiger partial charge in [-0.15, -0.1) is 10.2 Å². The van der Waals surface area contributed by atoms with E-state index in [2.05, 4.69) is 20.5 Å². The van der Waals surface area contributed by atoms with Crippen LogP contribution in [-0.2, 0) is 9.53 Å². The van der Waals surface area contributed by atoms with Gasteiger partial charge in [0.05, 0.1) is 25.0 Å². The molecule has 2 heterocycles. The summed E-state index contributed by atoms with van der Waals surface area (Å²) in [6, 6.07) is 22.2. The zero-order valence-corrected chi connectivity index (χ0v) is 21.6. The molecule has 5 rings (SSSR count). The molecule has 0 aliphatic heterocycles. The molecule has 0 saturated carbocycles. The van der Waals surface area contributed by atoms with Crippen molar-refractivity contribution >= 4 is 40.2 Å². The number of aromatic nitrogens is 4. The van der Waals surface area contributed by atoms with Gasteiger partial charge in [-0.25, -0.2) is 4.79 Å². The number of amides is 1. The van der Waals surface area contributed by atoms with Gasteiger partial charge < -0.3 is 19.8 Å². The Hall–Kier alpha value is -4.57. The molecule has 0 spiro atoms. The average Bonchev–Trinajstić information content (AvgIpc) is 3.56. The van der Waals surface area contributed by atoms with Crippen LogP contribution in [0.25, 0.3) is 28.0 Å². The van der Waals surface area contributed by atoms with Crippen molar-refractivity contribution in [2.45, 2.75) is 12.1 Å². The van der Waals surface area contributed by atoms with E-state index in [-0.39, 0.29) is 11.7 Å². The minimum Gasteiger partial charge on any atom is -0.497 e. The molecule has 3 aromatic carbocycles. The normalized spacial score (nSPS) is 10.9. The van der Waals surface area contributed by atoms with Gasteiger partial charge in [0.2, 0.25) is 5.91 Å². The second-order valence-electron chi connectivity index (χ2n) is 8.22. The van der Waals surface area contributed by atoms with E-state index in [1.807, 2.05) is 59.3 Å². The molecule has 10 heteroatoms. The number of thioether (sulfide) groups is 1. The zero-order chi connectivity index (χ0) is 26.5. The third kappa shape index (κ3) is 5.25. The molecule has 0 unspecified atom stereocenters. The quantitative estimate of drug-likeness (QED) is 0.197. The molecule has 0 bridgehead atoms. The standard InChI is InChI=1S/C28H25N5O4S/c1-3-37-27(35)18-8-10-19(11-9-18)30-25(34)17-38-28-32-31-26(23-16-29-24-7-5-4-6-22(23)24)33(28)20-12-14-21(36-2)15-13-20/h4-16,29H,3,17H2,1-2H3,(H,30,34). The van der Waals surface area contributed by atoms with Gasteiger partial charge in [0.25, 0.3) is 0 Å². The summed E-state index contributed by atoms with van der Waals surface area (Å²) >= 11 is 1.28. The van der Waals surface area contributed by atoms with Gasteiger partial charge in [-0.1, -0.05) is 30.0 Å². The molecule has 0 fully saturated rings. The smallest absolute Gasteiger partial charge is 0.338 e. The number of esters is 1. The van der Waals surface area contributed by atoms with Crippen molar-refractivity contribution in [3.63, 3.8) is 0 Å². The van der Waals surface area contributed by atoms with Gasteiger partial charge in [-0.3, -0.25) is 9.36 Å². The van der Waals surface area contributed by atoms with Crippen molar-refractivity contribution in [3.05, 3.63) is 84.6 Å². The van der Waals surface area contributed by atoms with Crippen molar-refractivity contribution in [3.8, 4) is 22.8 Å². The molecule has 38 heavy (non-hydrogen) atoms. The lowest BCUT2D eigenvalue weighted by molar-refractivity contribution is -0.113. The number of aromatic amines is 1. The number of carbonyl (C=O) groups excluding carboxylic acids is 2. The summed E-state index contributed by atoms with van der Waals surface area (Å²) in [5.41, 5.74) is 3.75. The van der Waals surface area contributed by atoms with Crippen LogP contribution in [0.5, 0.6) is 5.75 Å². The Balaban J connectivity index is 1.38. The Morgan fingerprint density at radius 1 is 1.00 bits per heavy atom. The van der Waals surface area contributed by atoms with Gasteiger partial charge >= 0.3 is 5.97 Å². The summed E-state index contributed by atoms with van der Waals surface area (Å²) in [4.78, 5) is 27.9. The maximum atomic E-state index is 12.7. The number of anilines is 1. The molecule has 2 N–H and O–H groups in total. The summed E-state index contributed by atoms with van der Waals surface area (Å²) in [6.45, 7) is 2.06. The molecule has 9 nitrogen and oxygen atoms in total. The number of hydrogen-bond donors (Lipinski definition) is 2. The lowest BCUT2D eigenvalue weighted by Gasteiger charge is -2.11. The number of para-hydroxylation sites is 1. The minimum absolute atomic E-state index is 0.113. The molecular weight excluding hydrogens is 502 g/mol. The molecule has 0 aliphatic rings. The summed E-state index contributed by atoms with van der Waals surface area (Å²) < 4.78 is 12.2. The monoisotopic (exact) mass is 527 g/mol. The largest absolute Gasteiger partial charge is 0.497 e. The SMILES string of the molecule is CCOC(=O)c1ccc(NC(=O)CSc2nnc(-c3c[nH]c4ccccc34)n2-c2ccc(OC)cc2)cc1. The van der Waals surface area contributed by atoms with Gasteiger partial charge in [0.15, 0.2) is 11.0 Å². The first-order valence-electron chi connectivity index (χ1n) is 11.9. The van der Waals surface area contributed by atoms with Crippen LogP contribution in [-0.4, -0.2) is 51.1 Å². The van der Waals surface area contributed by atoms with Crippen LogP contribution in [0.2, 0.25) is 0 Å². The zero-order valence-electron chi connectivity index (χ0n) is 20.8. The van der Waals surface area contributed by atoms with Crippen LogP contribution in [0.3, 0.4) is 0 Å². The maximum Gasteiger partial charge on any atom is 0.338 e. The second kappa shape index (κ2) is 11.2. The number of nitrogens with one attached hydrogen (secondary N) is 2. The van der Waals surface area contributed by atoms with Gasteiger partial charge in [0.1, 0.15) is 5.75 Å². The first-order valence-corrected chi connectivity index (χ1v) is 12.9. The van der Waals surface area contributed by atoms with E-state index in [1.165, 1.54) is 11.8 Å². The Bertz CT molecular complexity index is 1580. The highest BCUT2D eigenvalue weighted by atomic mass is 32.2. The first-order chi connectivity index (χ1) is 18.6. The van der Waals surface area contributed by atoms with Crippen LogP contribution in [0, 0.1) is 0 Å². The van der Waals surface area contributed by atoms with Gasteiger partial charge in [-0.05, 0) is 61.5 Å². The number of H-pyrrole nitrogens is 1. The third-order valence-electron chi connectivity index (χ3n) is 5.81. The number of benzene rings is 3. The Labute approximate surface area is 223 Å². The number of hydrogen-bond acceptors (Lipinski definition) is 7. The van der Waals surface area contributed by atoms with Crippen molar-refractivity contribution in [1.82, 2.24) is 19.7 Å². The van der Waals surface area contributed by atoms with Crippen molar-refractivity contribution in [1.29, 1.82) is 0 Å². The van der Waals surface area contributed by atoms with Crippen molar-refractivity contribution in [2.75, 3.05) is 24.8 Å². The fourth-order valence-corrected chi connectivity index (χ4v) is 4.74. The van der Waals surface area contributed by atoms with E-state index in [9.17, 15) is 9.59 Å². The topological polar surface area (TPSA) is 111 Å². The van der Waals surface area contributed by atoms with Crippen LogP contribution >= 0.6 is 11.8 Å². The number of carbonyl (C=O) groups is 2. The minimum atomic E-state index is -0.398. The second-order valence-corrected chi connectivity index (χ2v) is 9.16. The van der Waals surface area contributed by atoms with Crippen molar-refractivity contribution in [2.24, 2.45) is 0 Å². The maximum absolute atomic E-state index is 12.7. The number of fused-ring (bicyclic) bond motifs is 1. The van der Waals surface area contributed by atoms with Crippen LogP contribution in [0.1, 0.15) is 17.3 Å². The molecule has 192 valence electrons. The molecular formula is C28H25N5O4S. The number of nitrogens with zero attached hydrogens (tertiary/aromatic N) is 3. The first kappa shape index (κ1) is 25.1. The van der Waals surface area contributed by atoms with E-state index in [1.54, 1.807) is 38.3 Å². The van der Waals surface area contributed by atoms with Crippen LogP contribution < -0.4 is 10.1 Å². The summed E-state index contributed by atoms with van der Waals surface area (Å²) in [7, 11) is 1.62. The molecule has 0 radical (unpaired) electrons. The summed E-state index contributed by atoms with van der Waals surface area (Å²) in [5, 5.41) is 13.4. The van der Waals surface area contributed by atoms with Crippen LogP contribution in [0.15, 0.2) is 84.1 Å². The Kier molecular flexibility index (Phi) is 7.41. The van der Waals surface area contributed by atoms with Crippen molar-refractivity contribution < 1.29 is 19.1 Å². The lowest BCUT2D eigenvalue weighted by Crippen LogP contribution is -2.15. The third-order valence-corrected chi connectivity index (χ3v) is 6.74. The Morgan fingerprint density at radius 3 is 2.50 bits per heavy atom. The predicted molar refractivity (Wildman–Crippen MR) is 147 cm³/mol. The highest BCUT2D eigenvalue weighted by molar-refractivity contribution is 7.99. The number of ether oxygens (including phenoxy) is 2. The summed E-state index contributed by atoms with van der Waals surface area (Å²) in [5.74, 6) is 0.895. The fraction of sp³-hybridized carbons (Fsp3) is 0.143. The van der Waals surface area contributed by atoms with E-state index < -0.39 is 5.97 Å². The number of rotatable bonds is 9. The van der Waals surface area contributed by atoms with E-state index in [0.717, 1.165) is 27.9 Å². The molecule has 1 amide bonds. The predicted octanol–water partition coefficient (Wildman–Crippen LogP) is 5.33. The summed E-state index contributed by atoms with van der Waals surface area (Å²) in [6.07, 6.45) is 1.91. The fourth-order valence-electron chi connectivity index (χ4n) is 3.99. The number of methoxy groups -OCH3 is 1. The molecule has 5 aromatic rings. The Morgan fingerprint density at radius 2 is 1.76 bits per heavy atom. The van der Waals surface area contributed by atoms with Gasteiger partial charge in [0, 0.05) is 34.0 Å². The lowest BCUT2D eigenvalue weighted by atomic mass is 10.1. The van der Waals surface area contributed by atoms with E-state index in [4.69, 9.17) is 9.47 Å². The van der Waals surface area contributed by atoms with Gasteiger partial charge in [-0.2, -0.15) is 0 Å². The molecule has 0 atom stereocenters. The average molecular weight is 528 g/mol. The molecule has 2 aromatic heterocycles. The van der Waals surface area contributed by atoms with Crippen LogP contribution in [0.4, 0.5) is 5.69 Å². The highest BCUT2D eigenvalue weighted by Crippen LogP contribution is 2.33. The van der Waals surface area contributed by atoms with E-state index >= 15 is 0 Å². The highest BCUT2D eigenvalue weighted by Gasteiger charge is 2.20.